The number of carbonyl (C=O) groups is 1. The van der Waals surface area contributed by atoms with E-state index in [1.807, 2.05) is 6.07 Å². The van der Waals surface area contributed by atoms with E-state index in [1.54, 1.807) is 0 Å². The van der Waals surface area contributed by atoms with Crippen LogP contribution in [0.4, 0.5) is 4.39 Å². The highest BCUT2D eigenvalue weighted by molar-refractivity contribution is 5.75. The zero-order chi connectivity index (χ0) is 23.2. The molecule has 3 aliphatic carbocycles. The van der Waals surface area contributed by atoms with Crippen molar-refractivity contribution in [2.75, 3.05) is 0 Å². The molecule has 3 aliphatic rings. The maximum absolute atomic E-state index is 14.1. The van der Waals surface area contributed by atoms with Gasteiger partial charge in [-0.25, -0.2) is 4.39 Å². The Kier molecular flexibility index (Phi) is 8.23. The van der Waals surface area contributed by atoms with Gasteiger partial charge in [0.15, 0.2) is 11.6 Å². The molecule has 178 valence electrons. The fourth-order valence-corrected chi connectivity index (χ4v) is 6.88. The smallest absolute Gasteiger partial charge is 0.314 e. The number of esters is 1. The molecular formula is C29H38FNO2. The lowest BCUT2D eigenvalue weighted by Crippen LogP contribution is -2.35. The number of rotatable bonds is 6. The van der Waals surface area contributed by atoms with Gasteiger partial charge in [-0.05, 0) is 125 Å². The summed E-state index contributed by atoms with van der Waals surface area (Å²) in [6.45, 7) is 2.11. The molecule has 1 aromatic rings. The Balaban J connectivity index is 1.22. The van der Waals surface area contributed by atoms with Gasteiger partial charge >= 0.3 is 5.97 Å². The molecule has 0 N–H and O–H groups in total. The van der Waals surface area contributed by atoms with E-state index in [0.29, 0.717) is 0 Å². The highest BCUT2D eigenvalue weighted by Gasteiger charge is 2.39. The van der Waals surface area contributed by atoms with Crippen LogP contribution in [0.5, 0.6) is 5.75 Å². The second-order valence-electron chi connectivity index (χ2n) is 10.7. The number of ether oxygens (including phenoxy) is 1. The van der Waals surface area contributed by atoms with Crippen LogP contribution in [0.15, 0.2) is 30.4 Å². The first kappa shape index (κ1) is 24.0. The van der Waals surface area contributed by atoms with Crippen LogP contribution in [-0.2, 0) is 4.79 Å². The van der Waals surface area contributed by atoms with Gasteiger partial charge in [0.1, 0.15) is 0 Å². The van der Waals surface area contributed by atoms with Crippen molar-refractivity contribution in [2.45, 2.75) is 84.0 Å². The van der Waals surface area contributed by atoms with Crippen LogP contribution < -0.4 is 4.74 Å². The first-order valence-electron chi connectivity index (χ1n) is 13.1. The predicted molar refractivity (Wildman–Crippen MR) is 128 cm³/mol. The van der Waals surface area contributed by atoms with E-state index in [-0.39, 0.29) is 23.2 Å². The van der Waals surface area contributed by atoms with Gasteiger partial charge in [-0.1, -0.05) is 18.6 Å². The van der Waals surface area contributed by atoms with Crippen LogP contribution in [0.1, 0.15) is 89.5 Å². The Morgan fingerprint density at radius 3 is 2.39 bits per heavy atom. The highest BCUT2D eigenvalue weighted by Crippen LogP contribution is 2.49. The Morgan fingerprint density at radius 2 is 1.70 bits per heavy atom. The van der Waals surface area contributed by atoms with Gasteiger partial charge in [-0.15, -0.1) is 0 Å². The molecule has 3 saturated carbocycles. The van der Waals surface area contributed by atoms with Crippen molar-refractivity contribution < 1.29 is 13.9 Å². The number of nitrogens with zero attached hydrogens (tertiary/aromatic N) is 1. The van der Waals surface area contributed by atoms with Crippen LogP contribution in [0.2, 0.25) is 0 Å². The van der Waals surface area contributed by atoms with Crippen molar-refractivity contribution in [3.05, 3.63) is 41.7 Å². The van der Waals surface area contributed by atoms with Crippen molar-refractivity contribution in [1.29, 1.82) is 5.26 Å². The molecule has 0 heterocycles. The SMILES string of the molecule is C/C=C/CCC1CCC2CC(C3CCC(C(=O)Oc4ccc(C#N)cc4F)CC3)CCC2C1. The zero-order valence-electron chi connectivity index (χ0n) is 20.0. The van der Waals surface area contributed by atoms with Crippen molar-refractivity contribution in [2.24, 2.45) is 35.5 Å². The lowest BCUT2D eigenvalue weighted by atomic mass is 9.60. The standard InChI is InChI=1S/C29H38FNO2/c1-2-3-4-5-20-6-8-26-18-25(14-13-24(26)16-20)22-9-11-23(12-10-22)29(32)33-28-15-7-21(19-31)17-27(28)30/h2-3,7,15,17,20,22-26H,4-6,8-14,16,18H2,1H3/b3-2+. The van der Waals surface area contributed by atoms with E-state index in [2.05, 4.69) is 19.1 Å². The molecule has 3 nitrogen and oxygen atoms in total. The minimum Gasteiger partial charge on any atom is -0.423 e. The lowest BCUT2D eigenvalue weighted by Gasteiger charge is -2.45. The fraction of sp³-hybridized carbons (Fsp3) is 0.655. The van der Waals surface area contributed by atoms with Crippen molar-refractivity contribution in [1.82, 2.24) is 0 Å². The van der Waals surface area contributed by atoms with E-state index in [1.165, 1.54) is 63.5 Å². The van der Waals surface area contributed by atoms with E-state index >= 15 is 0 Å². The number of halogens is 1. The largest absolute Gasteiger partial charge is 0.423 e. The molecule has 0 bridgehead atoms. The van der Waals surface area contributed by atoms with Gasteiger partial charge < -0.3 is 4.74 Å². The summed E-state index contributed by atoms with van der Waals surface area (Å²) in [5.41, 5.74) is 0.227. The summed E-state index contributed by atoms with van der Waals surface area (Å²) >= 11 is 0. The van der Waals surface area contributed by atoms with E-state index < -0.39 is 5.82 Å². The molecule has 4 heteroatoms. The molecule has 4 rings (SSSR count). The number of hydrogen-bond acceptors (Lipinski definition) is 3. The molecule has 0 saturated heterocycles. The van der Waals surface area contributed by atoms with Gasteiger partial charge in [0.05, 0.1) is 17.6 Å². The average Bonchev–Trinajstić information content (AvgIpc) is 2.85. The molecule has 0 aromatic heterocycles. The maximum atomic E-state index is 14.1. The van der Waals surface area contributed by atoms with Crippen LogP contribution in [0.3, 0.4) is 0 Å². The highest BCUT2D eigenvalue weighted by atomic mass is 19.1. The van der Waals surface area contributed by atoms with Crippen LogP contribution in [-0.4, -0.2) is 5.97 Å². The summed E-state index contributed by atoms with van der Waals surface area (Å²) in [7, 11) is 0. The monoisotopic (exact) mass is 451 g/mol. The number of carbonyl (C=O) groups excluding carboxylic acids is 1. The minimum atomic E-state index is -0.649. The summed E-state index contributed by atoms with van der Waals surface area (Å²) in [4.78, 5) is 12.6. The molecule has 4 unspecified atom stereocenters. The Morgan fingerprint density at radius 1 is 1.03 bits per heavy atom. The Bertz CT molecular complexity index is 880. The van der Waals surface area contributed by atoms with Gasteiger partial charge in [-0.3, -0.25) is 4.79 Å². The third kappa shape index (κ3) is 6.05. The first-order valence-corrected chi connectivity index (χ1v) is 13.1. The number of fused-ring (bicyclic) bond motifs is 1. The van der Waals surface area contributed by atoms with Crippen LogP contribution in [0, 0.1) is 52.7 Å². The third-order valence-electron chi connectivity index (χ3n) is 8.78. The summed E-state index contributed by atoms with van der Waals surface area (Å²) in [6, 6.07) is 5.87. The molecule has 4 atom stereocenters. The molecule has 1 aromatic carbocycles. The first-order chi connectivity index (χ1) is 16.1. The van der Waals surface area contributed by atoms with Crippen molar-refractivity contribution >= 4 is 5.97 Å². The minimum absolute atomic E-state index is 0.0687. The lowest BCUT2D eigenvalue weighted by molar-refractivity contribution is -0.140. The molecule has 0 amide bonds. The van der Waals surface area contributed by atoms with Crippen LogP contribution in [0.25, 0.3) is 0 Å². The molecule has 0 radical (unpaired) electrons. The average molecular weight is 452 g/mol. The van der Waals surface area contributed by atoms with Crippen LogP contribution >= 0.6 is 0 Å². The topological polar surface area (TPSA) is 50.1 Å². The number of allylic oxidation sites excluding steroid dienone is 2. The predicted octanol–water partition coefficient (Wildman–Crippen LogP) is 7.60. The quantitative estimate of drug-likeness (QED) is 0.254. The zero-order valence-corrected chi connectivity index (χ0v) is 20.0. The van der Waals surface area contributed by atoms with E-state index in [0.717, 1.165) is 61.3 Å². The second-order valence-corrected chi connectivity index (χ2v) is 10.7. The van der Waals surface area contributed by atoms with Gasteiger partial charge in [0, 0.05) is 0 Å². The van der Waals surface area contributed by atoms with Crippen molar-refractivity contribution in [3.8, 4) is 11.8 Å². The maximum Gasteiger partial charge on any atom is 0.314 e. The Hall–Kier alpha value is -2.15. The summed E-state index contributed by atoms with van der Waals surface area (Å²) in [5.74, 6) is 3.17. The molecule has 3 fully saturated rings. The molecular weight excluding hydrogens is 413 g/mol. The third-order valence-corrected chi connectivity index (χ3v) is 8.78. The molecule has 33 heavy (non-hydrogen) atoms. The normalized spacial score (nSPS) is 32.2. The Labute approximate surface area is 198 Å². The number of benzene rings is 1. The van der Waals surface area contributed by atoms with Gasteiger partial charge in [0.25, 0.3) is 0 Å². The summed E-state index contributed by atoms with van der Waals surface area (Å²) in [5, 5.41) is 8.86. The molecule has 0 spiro atoms. The number of hydrogen-bond donors (Lipinski definition) is 0. The van der Waals surface area contributed by atoms with Crippen molar-refractivity contribution in [3.63, 3.8) is 0 Å². The van der Waals surface area contributed by atoms with Gasteiger partial charge in [-0.2, -0.15) is 5.26 Å². The fourth-order valence-electron chi connectivity index (χ4n) is 6.88. The van der Waals surface area contributed by atoms with E-state index in [4.69, 9.17) is 10.00 Å². The van der Waals surface area contributed by atoms with E-state index in [9.17, 15) is 9.18 Å². The summed E-state index contributed by atoms with van der Waals surface area (Å²) < 4.78 is 19.4. The number of nitriles is 1. The second kappa shape index (κ2) is 11.3. The van der Waals surface area contributed by atoms with Gasteiger partial charge in [0.2, 0.25) is 0 Å². The molecule has 0 aliphatic heterocycles. The summed E-state index contributed by atoms with van der Waals surface area (Å²) in [6.07, 6.45) is 19.4.